The Morgan fingerprint density at radius 1 is 0.917 bits per heavy atom. The van der Waals surface area contributed by atoms with Crippen LogP contribution in [0.2, 0.25) is 5.02 Å². The first-order valence-corrected chi connectivity index (χ1v) is 13.6. The number of nitrogens with one attached hydrogen (secondary N) is 2. The van der Waals surface area contributed by atoms with E-state index < -0.39 is 15.8 Å². The average Bonchev–Trinajstić information content (AvgIpc) is 2.86. The molecule has 1 aromatic heterocycles. The molecular weight excluding hydrogens is 499 g/mol. The number of fused-ring (bicyclic) bond motifs is 1. The highest BCUT2D eigenvalue weighted by Gasteiger charge is 2.20. The molecule has 1 fully saturated rings. The third-order valence-electron chi connectivity index (χ3n) is 6.52. The number of pyridine rings is 1. The zero-order valence-electron chi connectivity index (χ0n) is 19.4. The molecule has 0 atom stereocenters. The number of hydrogen-bond donors (Lipinski definition) is 3. The predicted molar refractivity (Wildman–Crippen MR) is 143 cm³/mol. The van der Waals surface area contributed by atoms with E-state index in [-0.39, 0.29) is 15.6 Å². The van der Waals surface area contributed by atoms with Crippen LogP contribution in [0.3, 0.4) is 0 Å². The SMILES string of the molecule is NC1CCC(Nc2cc3ccc(-c4ccc(NS(=O)(=O)c5ccccc5Cl)c(F)c4)cc3cn2)CC1. The summed E-state index contributed by atoms with van der Waals surface area (Å²) in [6.45, 7) is 0. The van der Waals surface area contributed by atoms with Gasteiger partial charge in [-0.25, -0.2) is 17.8 Å². The lowest BCUT2D eigenvalue weighted by molar-refractivity contribution is 0.410. The summed E-state index contributed by atoms with van der Waals surface area (Å²) in [6, 6.07) is 18.9. The minimum absolute atomic E-state index is 0.0631. The first-order valence-electron chi connectivity index (χ1n) is 11.8. The summed E-state index contributed by atoms with van der Waals surface area (Å²) in [4.78, 5) is 4.45. The number of nitrogens with zero attached hydrogens (tertiary/aromatic N) is 1. The van der Waals surface area contributed by atoms with E-state index in [1.54, 1.807) is 24.4 Å². The standard InChI is InChI=1S/C27H26ClFN4O2S/c28-23-3-1-2-4-26(23)36(34,35)33-25-12-7-18(14-24(25)29)17-5-6-19-15-27(31-16-20(19)13-17)32-22-10-8-21(30)9-11-22/h1-7,12-16,21-22,33H,8-11,30H2,(H,31,32). The van der Waals surface area contributed by atoms with Gasteiger partial charge in [0.15, 0.2) is 0 Å². The molecule has 5 rings (SSSR count). The molecule has 0 unspecified atom stereocenters. The quantitative estimate of drug-likeness (QED) is 0.280. The zero-order valence-corrected chi connectivity index (χ0v) is 21.0. The summed E-state index contributed by atoms with van der Waals surface area (Å²) in [5.74, 6) is 0.144. The molecule has 4 aromatic rings. The fourth-order valence-electron chi connectivity index (χ4n) is 4.51. The lowest BCUT2D eigenvalue weighted by Crippen LogP contribution is -2.32. The highest BCUT2D eigenvalue weighted by molar-refractivity contribution is 7.92. The fraction of sp³-hybridized carbons (Fsp3) is 0.222. The number of sulfonamides is 1. The monoisotopic (exact) mass is 524 g/mol. The van der Waals surface area contributed by atoms with Crippen LogP contribution in [0, 0.1) is 5.82 Å². The molecular formula is C27H26ClFN4O2S. The van der Waals surface area contributed by atoms with Gasteiger partial charge in [-0.1, -0.05) is 41.9 Å². The second-order valence-electron chi connectivity index (χ2n) is 9.12. The average molecular weight is 525 g/mol. The van der Waals surface area contributed by atoms with Crippen LogP contribution in [0.5, 0.6) is 0 Å². The number of halogens is 2. The van der Waals surface area contributed by atoms with Crippen molar-refractivity contribution in [2.45, 2.75) is 42.7 Å². The molecule has 186 valence electrons. The maximum atomic E-state index is 14.9. The van der Waals surface area contributed by atoms with Gasteiger partial charge in [0, 0.05) is 23.7 Å². The minimum atomic E-state index is -4.03. The predicted octanol–water partition coefficient (Wildman–Crippen LogP) is 6.18. The maximum Gasteiger partial charge on any atom is 0.263 e. The Kier molecular flexibility index (Phi) is 6.83. The largest absolute Gasteiger partial charge is 0.367 e. The molecule has 3 aromatic carbocycles. The molecule has 0 spiro atoms. The third-order valence-corrected chi connectivity index (χ3v) is 8.38. The van der Waals surface area contributed by atoms with Crippen LogP contribution in [0.1, 0.15) is 25.7 Å². The molecule has 6 nitrogen and oxygen atoms in total. The van der Waals surface area contributed by atoms with Gasteiger partial charge in [0.25, 0.3) is 10.0 Å². The summed E-state index contributed by atoms with van der Waals surface area (Å²) in [7, 11) is -4.03. The molecule has 1 saturated carbocycles. The molecule has 0 amide bonds. The van der Waals surface area contributed by atoms with Crippen molar-refractivity contribution in [2.75, 3.05) is 10.0 Å². The lowest BCUT2D eigenvalue weighted by Gasteiger charge is -2.27. The third kappa shape index (κ3) is 5.31. The molecule has 0 radical (unpaired) electrons. The molecule has 1 aliphatic rings. The molecule has 4 N–H and O–H groups in total. The van der Waals surface area contributed by atoms with Crippen molar-refractivity contribution in [1.29, 1.82) is 0 Å². The first kappa shape index (κ1) is 24.5. The molecule has 36 heavy (non-hydrogen) atoms. The molecule has 0 saturated heterocycles. The Morgan fingerprint density at radius 3 is 2.39 bits per heavy atom. The van der Waals surface area contributed by atoms with Crippen LogP contribution in [0.15, 0.2) is 77.8 Å². The van der Waals surface area contributed by atoms with Gasteiger partial charge in [0.2, 0.25) is 0 Å². The van der Waals surface area contributed by atoms with Crippen LogP contribution < -0.4 is 15.8 Å². The van der Waals surface area contributed by atoms with E-state index in [0.29, 0.717) is 17.6 Å². The zero-order chi connectivity index (χ0) is 25.3. The van der Waals surface area contributed by atoms with E-state index in [1.807, 2.05) is 24.3 Å². The fourth-order valence-corrected chi connectivity index (χ4v) is 6.10. The van der Waals surface area contributed by atoms with Crippen LogP contribution in [-0.2, 0) is 10.0 Å². The van der Waals surface area contributed by atoms with Gasteiger partial charge >= 0.3 is 0 Å². The van der Waals surface area contributed by atoms with Gasteiger partial charge in [0.1, 0.15) is 16.5 Å². The van der Waals surface area contributed by atoms with Gasteiger partial charge in [-0.2, -0.15) is 0 Å². The van der Waals surface area contributed by atoms with Crippen molar-refractivity contribution < 1.29 is 12.8 Å². The van der Waals surface area contributed by atoms with Gasteiger partial charge in [0.05, 0.1) is 10.7 Å². The molecule has 1 aliphatic carbocycles. The number of aromatic nitrogens is 1. The summed E-state index contributed by atoms with van der Waals surface area (Å²) < 4.78 is 42.5. The van der Waals surface area contributed by atoms with E-state index in [1.165, 1.54) is 24.3 Å². The minimum Gasteiger partial charge on any atom is -0.367 e. The van der Waals surface area contributed by atoms with Gasteiger partial charge in [-0.3, -0.25) is 4.72 Å². The van der Waals surface area contributed by atoms with Crippen LogP contribution >= 0.6 is 11.6 Å². The lowest BCUT2D eigenvalue weighted by atomic mass is 9.92. The Morgan fingerprint density at radius 2 is 1.64 bits per heavy atom. The van der Waals surface area contributed by atoms with E-state index in [2.05, 4.69) is 15.0 Å². The summed E-state index contributed by atoms with van der Waals surface area (Å²) in [5.41, 5.74) is 7.26. The van der Waals surface area contributed by atoms with E-state index >= 15 is 0 Å². The second-order valence-corrected chi connectivity index (χ2v) is 11.2. The van der Waals surface area contributed by atoms with Crippen molar-refractivity contribution in [3.63, 3.8) is 0 Å². The highest BCUT2D eigenvalue weighted by Crippen LogP contribution is 2.30. The van der Waals surface area contributed by atoms with Gasteiger partial charge in [-0.15, -0.1) is 0 Å². The summed E-state index contributed by atoms with van der Waals surface area (Å²) in [5, 5.41) is 5.52. The molecule has 1 heterocycles. The Balaban J connectivity index is 1.34. The van der Waals surface area contributed by atoms with Gasteiger partial charge in [-0.05, 0) is 78.6 Å². The number of rotatable bonds is 6. The number of anilines is 2. The van der Waals surface area contributed by atoms with Crippen molar-refractivity contribution in [2.24, 2.45) is 5.73 Å². The number of hydrogen-bond acceptors (Lipinski definition) is 5. The van der Waals surface area contributed by atoms with Crippen molar-refractivity contribution in [1.82, 2.24) is 4.98 Å². The smallest absolute Gasteiger partial charge is 0.263 e. The van der Waals surface area contributed by atoms with Crippen LogP contribution in [0.25, 0.3) is 21.9 Å². The number of benzene rings is 3. The Labute approximate surface area is 214 Å². The maximum absolute atomic E-state index is 14.9. The topological polar surface area (TPSA) is 97.1 Å². The Hall–Kier alpha value is -3.20. The van der Waals surface area contributed by atoms with E-state index in [0.717, 1.165) is 47.8 Å². The second kappa shape index (κ2) is 10.0. The Bertz CT molecular complexity index is 1520. The first-order chi connectivity index (χ1) is 17.3. The molecule has 0 bridgehead atoms. The molecule has 0 aliphatic heterocycles. The van der Waals surface area contributed by atoms with Crippen LogP contribution in [0.4, 0.5) is 15.9 Å². The van der Waals surface area contributed by atoms with E-state index in [4.69, 9.17) is 17.3 Å². The highest BCUT2D eigenvalue weighted by atomic mass is 35.5. The van der Waals surface area contributed by atoms with Crippen molar-refractivity contribution in [3.05, 3.63) is 83.8 Å². The van der Waals surface area contributed by atoms with Crippen molar-refractivity contribution in [3.8, 4) is 11.1 Å². The van der Waals surface area contributed by atoms with E-state index in [9.17, 15) is 12.8 Å². The normalized spacial score (nSPS) is 18.2. The van der Waals surface area contributed by atoms with Gasteiger partial charge < -0.3 is 11.1 Å². The summed E-state index contributed by atoms with van der Waals surface area (Å²) in [6.07, 6.45) is 5.92. The molecule has 9 heteroatoms. The van der Waals surface area contributed by atoms with Crippen LogP contribution in [-0.4, -0.2) is 25.5 Å². The van der Waals surface area contributed by atoms with Crippen molar-refractivity contribution >= 4 is 43.9 Å². The number of nitrogens with two attached hydrogens (primary N) is 1. The summed E-state index contributed by atoms with van der Waals surface area (Å²) >= 11 is 6.00.